The molecule has 6 nitrogen and oxygen atoms in total. The van der Waals surface area contributed by atoms with Crippen molar-refractivity contribution < 1.29 is 14.9 Å². The number of ether oxygens (including phenoxy) is 1. The molecule has 0 spiro atoms. The number of phenols is 2. The van der Waals surface area contributed by atoms with E-state index in [1.807, 2.05) is 24.3 Å². The first-order valence-corrected chi connectivity index (χ1v) is 6.85. The SMILES string of the molecule is COc1ccc(-n2c(-c3ccc(O)cc3O)n[nH]c2=S)cc1. The summed E-state index contributed by atoms with van der Waals surface area (Å²) in [6.07, 6.45) is 0. The summed E-state index contributed by atoms with van der Waals surface area (Å²) in [5.74, 6) is 1.08. The summed E-state index contributed by atoms with van der Waals surface area (Å²) in [6.45, 7) is 0. The minimum atomic E-state index is -0.0799. The van der Waals surface area contributed by atoms with Crippen LogP contribution in [0.25, 0.3) is 17.1 Å². The van der Waals surface area contributed by atoms with Crippen LogP contribution >= 0.6 is 12.2 Å². The normalized spacial score (nSPS) is 10.6. The first-order chi connectivity index (χ1) is 10.6. The van der Waals surface area contributed by atoms with Gasteiger partial charge in [-0.25, -0.2) is 0 Å². The molecule has 0 unspecified atom stereocenters. The van der Waals surface area contributed by atoms with Gasteiger partial charge < -0.3 is 14.9 Å². The van der Waals surface area contributed by atoms with Crippen LogP contribution in [-0.4, -0.2) is 32.1 Å². The minimum absolute atomic E-state index is 0.0219. The molecular formula is C15H13N3O3S. The highest BCUT2D eigenvalue weighted by atomic mass is 32.1. The van der Waals surface area contributed by atoms with Gasteiger partial charge in [-0.2, -0.15) is 5.10 Å². The number of phenolic OH excluding ortho intramolecular Hbond substituents is 2. The van der Waals surface area contributed by atoms with Crippen molar-refractivity contribution in [2.24, 2.45) is 0 Å². The van der Waals surface area contributed by atoms with Crippen molar-refractivity contribution in [3.05, 3.63) is 47.2 Å². The number of aromatic amines is 1. The van der Waals surface area contributed by atoms with E-state index >= 15 is 0 Å². The van der Waals surface area contributed by atoms with Crippen molar-refractivity contribution in [2.45, 2.75) is 0 Å². The zero-order valence-electron chi connectivity index (χ0n) is 11.6. The standard InChI is InChI=1S/C15H13N3O3S/c1-21-11-5-2-9(3-6-11)18-14(16-17-15(18)22)12-7-4-10(19)8-13(12)20/h2-8,19-20H,1H3,(H,17,22). The molecule has 1 aromatic heterocycles. The molecule has 0 bridgehead atoms. The molecule has 112 valence electrons. The molecule has 3 rings (SSSR count). The van der Waals surface area contributed by atoms with Crippen molar-refractivity contribution in [3.8, 4) is 34.3 Å². The molecule has 22 heavy (non-hydrogen) atoms. The predicted molar refractivity (Wildman–Crippen MR) is 84.1 cm³/mol. The molecule has 0 aliphatic carbocycles. The molecule has 3 aromatic rings. The summed E-state index contributed by atoms with van der Waals surface area (Å²) >= 11 is 5.27. The van der Waals surface area contributed by atoms with Gasteiger partial charge in [-0.1, -0.05) is 0 Å². The van der Waals surface area contributed by atoms with Crippen LogP contribution in [0.1, 0.15) is 0 Å². The van der Waals surface area contributed by atoms with Gasteiger partial charge in [-0.15, -0.1) is 0 Å². The molecule has 0 saturated carbocycles. The lowest BCUT2D eigenvalue weighted by atomic mass is 10.1. The van der Waals surface area contributed by atoms with Crippen molar-refractivity contribution in [3.63, 3.8) is 0 Å². The first-order valence-electron chi connectivity index (χ1n) is 6.44. The maximum absolute atomic E-state index is 10.0. The molecule has 0 amide bonds. The first kappa shape index (κ1) is 14.2. The van der Waals surface area contributed by atoms with E-state index in [1.165, 1.54) is 12.1 Å². The number of nitrogens with one attached hydrogen (secondary N) is 1. The molecule has 7 heteroatoms. The number of hydrogen-bond acceptors (Lipinski definition) is 5. The van der Waals surface area contributed by atoms with Crippen LogP contribution < -0.4 is 4.74 Å². The van der Waals surface area contributed by atoms with E-state index in [0.29, 0.717) is 16.2 Å². The van der Waals surface area contributed by atoms with E-state index < -0.39 is 0 Å². The zero-order chi connectivity index (χ0) is 15.7. The highest BCUT2D eigenvalue weighted by Crippen LogP contribution is 2.32. The van der Waals surface area contributed by atoms with Crippen molar-refractivity contribution in [2.75, 3.05) is 7.11 Å². The molecule has 3 N–H and O–H groups in total. The van der Waals surface area contributed by atoms with Crippen LogP contribution in [-0.2, 0) is 0 Å². The van der Waals surface area contributed by atoms with Crippen molar-refractivity contribution in [1.29, 1.82) is 0 Å². The second-order valence-electron chi connectivity index (χ2n) is 4.59. The number of aromatic hydroxyl groups is 2. The van der Waals surface area contributed by atoms with Gasteiger partial charge in [0.15, 0.2) is 10.6 Å². The smallest absolute Gasteiger partial charge is 0.200 e. The second-order valence-corrected chi connectivity index (χ2v) is 4.97. The third-order valence-corrected chi connectivity index (χ3v) is 3.50. The molecule has 0 fully saturated rings. The monoisotopic (exact) mass is 315 g/mol. The topological polar surface area (TPSA) is 83.3 Å². The Kier molecular flexibility index (Phi) is 3.56. The molecular weight excluding hydrogens is 302 g/mol. The second kappa shape index (κ2) is 5.53. The van der Waals surface area contributed by atoms with Crippen molar-refractivity contribution >= 4 is 12.2 Å². The summed E-state index contributed by atoms with van der Waals surface area (Å²) in [5.41, 5.74) is 1.24. The van der Waals surface area contributed by atoms with E-state index in [-0.39, 0.29) is 11.5 Å². The highest BCUT2D eigenvalue weighted by molar-refractivity contribution is 7.71. The summed E-state index contributed by atoms with van der Waals surface area (Å²) < 4.78 is 7.23. The largest absolute Gasteiger partial charge is 0.508 e. The van der Waals surface area contributed by atoms with Gasteiger partial charge in [0.2, 0.25) is 0 Å². The molecule has 0 atom stereocenters. The van der Waals surface area contributed by atoms with E-state index in [4.69, 9.17) is 17.0 Å². The molecule has 2 aromatic carbocycles. The van der Waals surface area contributed by atoms with Gasteiger partial charge in [0, 0.05) is 6.07 Å². The minimum Gasteiger partial charge on any atom is -0.508 e. The Balaban J connectivity index is 2.16. The number of H-pyrrole nitrogens is 1. The average molecular weight is 315 g/mol. The number of aromatic nitrogens is 3. The van der Waals surface area contributed by atoms with Gasteiger partial charge in [-0.3, -0.25) is 9.67 Å². The lowest BCUT2D eigenvalue weighted by Crippen LogP contribution is -1.98. The zero-order valence-corrected chi connectivity index (χ0v) is 12.5. The van der Waals surface area contributed by atoms with E-state index in [0.717, 1.165) is 11.4 Å². The fourth-order valence-electron chi connectivity index (χ4n) is 2.16. The molecule has 0 radical (unpaired) electrons. The molecule has 0 aliphatic heterocycles. The number of methoxy groups -OCH3 is 1. The fourth-order valence-corrected chi connectivity index (χ4v) is 2.40. The number of benzene rings is 2. The summed E-state index contributed by atoms with van der Waals surface area (Å²) in [5, 5.41) is 26.3. The Labute approximate surface area is 131 Å². The van der Waals surface area contributed by atoms with Gasteiger partial charge in [-0.05, 0) is 48.6 Å². The number of rotatable bonds is 3. The van der Waals surface area contributed by atoms with E-state index in [1.54, 1.807) is 17.7 Å². The highest BCUT2D eigenvalue weighted by Gasteiger charge is 2.14. The van der Waals surface area contributed by atoms with Crippen LogP contribution in [0.4, 0.5) is 0 Å². The van der Waals surface area contributed by atoms with Gasteiger partial charge in [0.25, 0.3) is 0 Å². The van der Waals surface area contributed by atoms with E-state index in [9.17, 15) is 10.2 Å². The van der Waals surface area contributed by atoms with Crippen molar-refractivity contribution in [1.82, 2.24) is 14.8 Å². The maximum atomic E-state index is 10.0. The van der Waals surface area contributed by atoms with Gasteiger partial charge in [0.05, 0.1) is 18.4 Å². The quantitative estimate of drug-likeness (QED) is 0.647. The molecule has 0 aliphatic rings. The molecule has 0 saturated heterocycles. The molecule has 1 heterocycles. The number of nitrogens with zero attached hydrogens (tertiary/aromatic N) is 2. The Morgan fingerprint density at radius 1 is 1.14 bits per heavy atom. The van der Waals surface area contributed by atoms with Crippen LogP contribution in [0, 0.1) is 4.77 Å². The summed E-state index contributed by atoms with van der Waals surface area (Å²) in [7, 11) is 1.60. The maximum Gasteiger partial charge on any atom is 0.200 e. The summed E-state index contributed by atoms with van der Waals surface area (Å²) in [6, 6.07) is 11.6. The third-order valence-electron chi connectivity index (χ3n) is 3.23. The Morgan fingerprint density at radius 2 is 1.86 bits per heavy atom. The van der Waals surface area contributed by atoms with Gasteiger partial charge >= 0.3 is 0 Å². The number of hydrogen-bond donors (Lipinski definition) is 3. The van der Waals surface area contributed by atoms with Crippen LogP contribution in [0.15, 0.2) is 42.5 Å². The summed E-state index contributed by atoms with van der Waals surface area (Å²) in [4.78, 5) is 0. The van der Waals surface area contributed by atoms with Crippen LogP contribution in [0.5, 0.6) is 17.2 Å². The lowest BCUT2D eigenvalue weighted by Gasteiger charge is -2.09. The third kappa shape index (κ3) is 2.42. The fraction of sp³-hybridized carbons (Fsp3) is 0.0667. The van der Waals surface area contributed by atoms with E-state index in [2.05, 4.69) is 10.2 Å². The Hall–Kier alpha value is -2.80. The average Bonchev–Trinajstić information content (AvgIpc) is 2.89. The predicted octanol–water partition coefficient (Wildman–Crippen LogP) is 3.02. The Bertz CT molecular complexity index is 868. The lowest BCUT2D eigenvalue weighted by molar-refractivity contribution is 0.414. The van der Waals surface area contributed by atoms with Crippen LogP contribution in [0.2, 0.25) is 0 Å². The van der Waals surface area contributed by atoms with Gasteiger partial charge in [0.1, 0.15) is 17.2 Å². The van der Waals surface area contributed by atoms with Crippen LogP contribution in [0.3, 0.4) is 0 Å². The Morgan fingerprint density at radius 3 is 2.50 bits per heavy atom.